The Morgan fingerprint density at radius 3 is 2.07 bits per heavy atom. The molecule has 0 aliphatic carbocycles. The zero-order valence-corrected chi connectivity index (χ0v) is 15.8. The largest absolute Gasteiger partial charge is 0.496 e. The van der Waals surface area contributed by atoms with Crippen LogP contribution in [0.3, 0.4) is 0 Å². The Hall–Kier alpha value is -3.05. The molecule has 0 aliphatic heterocycles. The average Bonchev–Trinajstić information content (AvgIpc) is 2.66. The summed E-state index contributed by atoms with van der Waals surface area (Å²) in [5.41, 5.74) is 0.659. The molecule has 0 bridgehead atoms. The molecule has 142 valence electrons. The van der Waals surface area contributed by atoms with Crippen LogP contribution in [0.2, 0.25) is 0 Å². The van der Waals surface area contributed by atoms with Crippen molar-refractivity contribution in [2.75, 3.05) is 21.3 Å². The van der Waals surface area contributed by atoms with Gasteiger partial charge in [-0.1, -0.05) is 12.1 Å². The lowest BCUT2D eigenvalue weighted by Crippen LogP contribution is -2.07. The number of ether oxygens (including phenoxy) is 3. The van der Waals surface area contributed by atoms with Crippen LogP contribution >= 0.6 is 0 Å². The van der Waals surface area contributed by atoms with E-state index in [1.807, 2.05) is 0 Å². The van der Waals surface area contributed by atoms with Crippen LogP contribution in [0.25, 0.3) is 6.08 Å². The maximum atomic E-state index is 13.0. The molecule has 2 aromatic carbocycles. The molecule has 0 saturated heterocycles. The van der Waals surface area contributed by atoms with Crippen molar-refractivity contribution in [3.63, 3.8) is 0 Å². The van der Waals surface area contributed by atoms with Gasteiger partial charge in [0.05, 0.1) is 32.6 Å². The fourth-order valence-corrected chi connectivity index (χ4v) is 3.60. The summed E-state index contributed by atoms with van der Waals surface area (Å²) in [6.45, 7) is 0. The lowest BCUT2D eigenvalue weighted by Gasteiger charge is -2.13. The number of benzene rings is 2. The van der Waals surface area contributed by atoms with Gasteiger partial charge in [-0.25, -0.2) is 12.8 Å². The molecule has 27 heavy (non-hydrogen) atoms. The van der Waals surface area contributed by atoms with E-state index in [1.54, 1.807) is 18.2 Å². The van der Waals surface area contributed by atoms with Crippen LogP contribution in [-0.4, -0.2) is 29.7 Å². The van der Waals surface area contributed by atoms with Crippen molar-refractivity contribution in [1.82, 2.24) is 0 Å². The van der Waals surface area contributed by atoms with Crippen molar-refractivity contribution in [3.8, 4) is 23.3 Å². The standard InChI is InChI=1S/C19H18FNO5S/c1-24-15-8-18(25-2)17(19(9-15)26-3)10-16(11-21)27(22,23)12-13-4-6-14(20)7-5-13/h4-10H,12H2,1-3H3/b16-10+. The first-order valence-electron chi connectivity index (χ1n) is 7.73. The molecular formula is C19H18FNO5S. The lowest BCUT2D eigenvalue weighted by molar-refractivity contribution is 0.374. The minimum atomic E-state index is -3.97. The zero-order chi connectivity index (χ0) is 20.0. The van der Waals surface area contributed by atoms with Crippen molar-refractivity contribution in [3.05, 3.63) is 58.2 Å². The molecule has 0 aliphatic rings. The Morgan fingerprint density at radius 2 is 1.63 bits per heavy atom. The zero-order valence-electron chi connectivity index (χ0n) is 15.0. The highest BCUT2D eigenvalue weighted by atomic mass is 32.2. The topological polar surface area (TPSA) is 85.6 Å². The Balaban J connectivity index is 2.51. The van der Waals surface area contributed by atoms with Crippen molar-refractivity contribution < 1.29 is 27.0 Å². The van der Waals surface area contributed by atoms with Crippen LogP contribution in [-0.2, 0) is 15.6 Å². The number of hydrogen-bond acceptors (Lipinski definition) is 6. The highest BCUT2D eigenvalue weighted by Crippen LogP contribution is 2.36. The number of rotatable bonds is 7. The highest BCUT2D eigenvalue weighted by Gasteiger charge is 2.21. The van der Waals surface area contributed by atoms with Crippen LogP contribution in [0.5, 0.6) is 17.2 Å². The van der Waals surface area contributed by atoms with E-state index in [9.17, 15) is 18.1 Å². The van der Waals surface area contributed by atoms with Gasteiger partial charge < -0.3 is 14.2 Å². The third-order valence-electron chi connectivity index (χ3n) is 3.74. The molecule has 0 heterocycles. The van der Waals surface area contributed by atoms with E-state index in [2.05, 4.69) is 0 Å². The van der Waals surface area contributed by atoms with Gasteiger partial charge in [0.15, 0.2) is 9.84 Å². The van der Waals surface area contributed by atoms with Gasteiger partial charge in [-0.05, 0) is 23.8 Å². The molecule has 0 saturated carbocycles. The molecule has 0 aromatic heterocycles. The van der Waals surface area contributed by atoms with Gasteiger partial charge in [0, 0.05) is 12.1 Å². The monoisotopic (exact) mass is 391 g/mol. The molecule has 0 unspecified atom stereocenters. The third-order valence-corrected chi connectivity index (χ3v) is 5.34. The summed E-state index contributed by atoms with van der Waals surface area (Å²) < 4.78 is 54.0. The van der Waals surface area contributed by atoms with Crippen molar-refractivity contribution in [2.24, 2.45) is 0 Å². The fraction of sp³-hybridized carbons (Fsp3) is 0.211. The van der Waals surface area contributed by atoms with Gasteiger partial charge in [0.25, 0.3) is 0 Å². The quantitative estimate of drug-likeness (QED) is 0.673. The minimum Gasteiger partial charge on any atom is -0.496 e. The Morgan fingerprint density at radius 1 is 1.07 bits per heavy atom. The molecule has 8 heteroatoms. The van der Waals surface area contributed by atoms with Gasteiger partial charge in [-0.3, -0.25) is 0 Å². The van der Waals surface area contributed by atoms with Crippen LogP contribution in [0.1, 0.15) is 11.1 Å². The predicted molar refractivity (Wildman–Crippen MR) is 98.7 cm³/mol. The van der Waals surface area contributed by atoms with E-state index in [-0.39, 0.29) is 11.5 Å². The summed E-state index contributed by atoms with van der Waals surface area (Å²) in [6, 6.07) is 9.85. The molecule has 0 amide bonds. The number of nitriles is 1. The molecule has 0 N–H and O–H groups in total. The second-order valence-corrected chi connectivity index (χ2v) is 7.41. The summed E-state index contributed by atoms with van der Waals surface area (Å²) in [6.07, 6.45) is 1.19. The van der Waals surface area contributed by atoms with Gasteiger partial charge in [-0.2, -0.15) is 5.26 Å². The minimum absolute atomic E-state index is 0.288. The Labute approximate surface area is 157 Å². The van der Waals surface area contributed by atoms with E-state index in [1.165, 1.54) is 39.5 Å². The van der Waals surface area contributed by atoms with Crippen molar-refractivity contribution >= 4 is 15.9 Å². The molecule has 0 spiro atoms. The fourth-order valence-electron chi connectivity index (χ4n) is 2.38. The van der Waals surface area contributed by atoms with Crippen LogP contribution in [0, 0.1) is 17.1 Å². The van der Waals surface area contributed by atoms with E-state index in [0.29, 0.717) is 16.9 Å². The van der Waals surface area contributed by atoms with Gasteiger partial charge in [-0.15, -0.1) is 0 Å². The second kappa shape index (κ2) is 8.56. The molecule has 0 radical (unpaired) electrons. The average molecular weight is 391 g/mol. The maximum absolute atomic E-state index is 13.0. The first-order valence-corrected chi connectivity index (χ1v) is 9.39. The Kier molecular flexibility index (Phi) is 6.42. The smallest absolute Gasteiger partial charge is 0.192 e. The van der Waals surface area contributed by atoms with E-state index in [4.69, 9.17) is 14.2 Å². The molecule has 0 atom stereocenters. The molecule has 6 nitrogen and oxygen atoms in total. The summed E-state index contributed by atoms with van der Waals surface area (Å²) in [5.74, 6) is 0.119. The first-order chi connectivity index (χ1) is 12.8. The normalized spacial score (nSPS) is 11.6. The lowest BCUT2D eigenvalue weighted by atomic mass is 10.1. The van der Waals surface area contributed by atoms with Crippen LogP contribution in [0.15, 0.2) is 41.3 Å². The molecule has 2 aromatic rings. The second-order valence-electron chi connectivity index (χ2n) is 5.45. The number of methoxy groups -OCH3 is 3. The van der Waals surface area contributed by atoms with Crippen LogP contribution < -0.4 is 14.2 Å². The predicted octanol–water partition coefficient (Wildman–Crippen LogP) is 3.33. The number of halogens is 1. The summed E-state index contributed by atoms with van der Waals surface area (Å²) in [7, 11) is 0.318. The van der Waals surface area contributed by atoms with Gasteiger partial charge in [0.2, 0.25) is 0 Å². The number of nitrogens with zero attached hydrogens (tertiary/aromatic N) is 1. The van der Waals surface area contributed by atoms with E-state index in [0.717, 1.165) is 12.1 Å². The number of hydrogen-bond donors (Lipinski definition) is 0. The van der Waals surface area contributed by atoms with Gasteiger partial charge >= 0.3 is 0 Å². The number of sulfone groups is 1. The summed E-state index contributed by atoms with van der Waals surface area (Å²) >= 11 is 0. The van der Waals surface area contributed by atoms with Gasteiger partial charge in [0.1, 0.15) is 34.0 Å². The Bertz CT molecular complexity index is 967. The SMILES string of the molecule is COc1cc(OC)c(/C=C(\C#N)S(=O)(=O)Cc2ccc(F)cc2)c(OC)c1. The van der Waals surface area contributed by atoms with Crippen LogP contribution in [0.4, 0.5) is 4.39 Å². The summed E-state index contributed by atoms with van der Waals surface area (Å²) in [5, 5.41) is 9.41. The first kappa shape index (κ1) is 20.3. The highest BCUT2D eigenvalue weighted by molar-refractivity contribution is 7.95. The summed E-state index contributed by atoms with van der Waals surface area (Å²) in [4.78, 5) is -0.464. The molecule has 2 rings (SSSR count). The molecular weight excluding hydrogens is 373 g/mol. The number of allylic oxidation sites excluding steroid dienone is 1. The van der Waals surface area contributed by atoms with Crippen molar-refractivity contribution in [2.45, 2.75) is 5.75 Å². The molecule has 0 fully saturated rings. The maximum Gasteiger partial charge on any atom is 0.192 e. The third kappa shape index (κ3) is 4.77. The van der Waals surface area contributed by atoms with E-state index >= 15 is 0 Å². The van der Waals surface area contributed by atoms with E-state index < -0.39 is 26.3 Å². The van der Waals surface area contributed by atoms with Crippen molar-refractivity contribution in [1.29, 1.82) is 5.26 Å².